The van der Waals surface area contributed by atoms with E-state index in [0.717, 1.165) is 11.3 Å². The Labute approximate surface area is 168 Å². The van der Waals surface area contributed by atoms with Gasteiger partial charge in [-0.1, -0.05) is 18.2 Å². The number of fused-ring (bicyclic) bond motifs is 1. The van der Waals surface area contributed by atoms with E-state index in [2.05, 4.69) is 9.97 Å². The van der Waals surface area contributed by atoms with Gasteiger partial charge in [-0.2, -0.15) is 0 Å². The third-order valence-electron chi connectivity index (χ3n) is 4.87. The lowest BCUT2D eigenvalue weighted by Gasteiger charge is -2.28. The highest BCUT2D eigenvalue weighted by molar-refractivity contribution is 5.81. The lowest BCUT2D eigenvalue weighted by atomic mass is 10.1. The van der Waals surface area contributed by atoms with Crippen molar-refractivity contribution in [2.45, 2.75) is 39.2 Å². The molecule has 29 heavy (non-hydrogen) atoms. The molecule has 1 aromatic heterocycles. The predicted molar refractivity (Wildman–Crippen MR) is 106 cm³/mol. The van der Waals surface area contributed by atoms with Crippen LogP contribution in [0.1, 0.15) is 42.4 Å². The van der Waals surface area contributed by atoms with Crippen molar-refractivity contribution < 1.29 is 19.1 Å². The molecule has 2 heterocycles. The summed E-state index contributed by atoms with van der Waals surface area (Å²) in [6, 6.07) is 7.60. The maximum atomic E-state index is 12.6. The highest BCUT2D eigenvalue weighted by Crippen LogP contribution is 2.21. The van der Waals surface area contributed by atoms with Gasteiger partial charge in [-0.05, 0) is 13.0 Å². The van der Waals surface area contributed by atoms with E-state index < -0.39 is 5.97 Å². The summed E-state index contributed by atoms with van der Waals surface area (Å²) in [5, 5.41) is 0. The second-order valence-electron chi connectivity index (χ2n) is 6.80. The van der Waals surface area contributed by atoms with Gasteiger partial charge in [0.2, 0.25) is 5.91 Å². The molecule has 8 heteroatoms. The first-order chi connectivity index (χ1) is 14.0. The number of aromatic nitrogens is 2. The highest BCUT2D eigenvalue weighted by atomic mass is 16.5. The van der Waals surface area contributed by atoms with Crippen LogP contribution in [0.15, 0.2) is 29.1 Å². The van der Waals surface area contributed by atoms with E-state index in [4.69, 9.17) is 9.47 Å². The summed E-state index contributed by atoms with van der Waals surface area (Å²) < 4.78 is 10.2. The molecule has 0 spiro atoms. The first-order valence-electron chi connectivity index (χ1n) is 9.68. The molecule has 1 N–H and O–H groups in total. The number of hydrogen-bond donors (Lipinski definition) is 1. The van der Waals surface area contributed by atoms with Crippen LogP contribution in [0.25, 0.3) is 0 Å². The second-order valence-corrected chi connectivity index (χ2v) is 6.80. The molecule has 154 valence electrons. The van der Waals surface area contributed by atoms with E-state index in [-0.39, 0.29) is 30.9 Å². The highest BCUT2D eigenvalue weighted by Gasteiger charge is 2.25. The molecule has 1 aliphatic rings. The van der Waals surface area contributed by atoms with Gasteiger partial charge in [-0.25, -0.2) is 4.98 Å². The van der Waals surface area contributed by atoms with Gasteiger partial charge in [0.15, 0.2) is 0 Å². The summed E-state index contributed by atoms with van der Waals surface area (Å²) in [7, 11) is 1.61. The van der Waals surface area contributed by atoms with Gasteiger partial charge in [-0.15, -0.1) is 0 Å². The Morgan fingerprint density at radius 2 is 2.03 bits per heavy atom. The van der Waals surface area contributed by atoms with Crippen LogP contribution in [0.5, 0.6) is 5.75 Å². The SMILES string of the molecule is CCOC(=O)CCC(=O)N1CCc2nc(Cc3ccccc3OC)[nH]c(=O)c2C1. The van der Waals surface area contributed by atoms with E-state index in [0.29, 0.717) is 43.1 Å². The Kier molecular flexibility index (Phi) is 6.64. The number of amides is 1. The molecule has 0 saturated heterocycles. The lowest BCUT2D eigenvalue weighted by molar-refractivity contribution is -0.145. The smallest absolute Gasteiger partial charge is 0.306 e. The van der Waals surface area contributed by atoms with Crippen LogP contribution in [0.4, 0.5) is 0 Å². The fraction of sp³-hybridized carbons (Fsp3) is 0.429. The molecule has 0 fully saturated rings. The third kappa shape index (κ3) is 5.01. The number of carbonyl (C=O) groups excluding carboxylic acids is 2. The van der Waals surface area contributed by atoms with Gasteiger partial charge in [-0.3, -0.25) is 14.4 Å². The van der Waals surface area contributed by atoms with Crippen molar-refractivity contribution >= 4 is 11.9 Å². The van der Waals surface area contributed by atoms with E-state index >= 15 is 0 Å². The quantitative estimate of drug-likeness (QED) is 0.710. The zero-order valence-electron chi connectivity index (χ0n) is 16.7. The van der Waals surface area contributed by atoms with Crippen molar-refractivity contribution in [2.24, 2.45) is 0 Å². The van der Waals surface area contributed by atoms with Gasteiger partial charge in [0.05, 0.1) is 37.9 Å². The average Bonchev–Trinajstić information content (AvgIpc) is 2.72. The standard InChI is InChI=1S/C21H25N3O5/c1-3-29-20(26)9-8-19(25)24-11-10-16-15(13-24)21(27)23-18(22-16)12-14-6-4-5-7-17(14)28-2/h4-7H,3,8-13H2,1-2H3,(H,22,23,27). The zero-order valence-corrected chi connectivity index (χ0v) is 16.7. The van der Waals surface area contributed by atoms with Gasteiger partial charge in [0.25, 0.3) is 5.56 Å². The summed E-state index contributed by atoms with van der Waals surface area (Å²) in [6.07, 6.45) is 1.08. The topological polar surface area (TPSA) is 102 Å². The van der Waals surface area contributed by atoms with Gasteiger partial charge in [0, 0.05) is 31.4 Å². The fourth-order valence-corrected chi connectivity index (χ4v) is 3.40. The molecule has 1 amide bonds. The van der Waals surface area contributed by atoms with Crippen molar-refractivity contribution in [1.82, 2.24) is 14.9 Å². The van der Waals surface area contributed by atoms with Crippen molar-refractivity contribution in [1.29, 1.82) is 0 Å². The summed E-state index contributed by atoms with van der Waals surface area (Å²) in [5.74, 6) is 0.756. The van der Waals surface area contributed by atoms with Crippen LogP contribution in [-0.4, -0.2) is 47.0 Å². The van der Waals surface area contributed by atoms with E-state index in [9.17, 15) is 14.4 Å². The Morgan fingerprint density at radius 3 is 2.79 bits per heavy atom. The minimum Gasteiger partial charge on any atom is -0.496 e. The maximum Gasteiger partial charge on any atom is 0.306 e. The molecule has 0 aliphatic carbocycles. The maximum absolute atomic E-state index is 12.6. The predicted octanol–water partition coefficient (Wildman–Crippen LogP) is 1.60. The van der Waals surface area contributed by atoms with Crippen molar-refractivity contribution in [3.8, 4) is 5.75 Å². The van der Waals surface area contributed by atoms with Gasteiger partial charge < -0.3 is 19.4 Å². The Hall–Kier alpha value is -3.16. The fourth-order valence-electron chi connectivity index (χ4n) is 3.40. The molecule has 0 unspecified atom stereocenters. The monoisotopic (exact) mass is 399 g/mol. The first kappa shape index (κ1) is 20.6. The first-order valence-corrected chi connectivity index (χ1v) is 9.68. The number of para-hydroxylation sites is 1. The Balaban J connectivity index is 1.70. The summed E-state index contributed by atoms with van der Waals surface area (Å²) in [4.78, 5) is 45.5. The minimum absolute atomic E-state index is 0.0441. The molecular weight excluding hydrogens is 374 g/mol. The van der Waals surface area contributed by atoms with Gasteiger partial charge >= 0.3 is 5.97 Å². The minimum atomic E-state index is -0.390. The van der Waals surface area contributed by atoms with Crippen molar-refractivity contribution in [3.63, 3.8) is 0 Å². The number of H-pyrrole nitrogens is 1. The molecule has 3 rings (SSSR count). The summed E-state index contributed by atoms with van der Waals surface area (Å²) in [5.41, 5.74) is 1.92. The molecule has 8 nitrogen and oxygen atoms in total. The molecule has 1 aliphatic heterocycles. The number of ether oxygens (including phenoxy) is 2. The molecule has 2 aromatic rings. The Morgan fingerprint density at radius 1 is 1.24 bits per heavy atom. The van der Waals surface area contributed by atoms with E-state index in [1.807, 2.05) is 24.3 Å². The second kappa shape index (κ2) is 9.36. The van der Waals surface area contributed by atoms with E-state index in [1.165, 1.54) is 0 Å². The number of esters is 1. The Bertz CT molecular complexity index is 954. The van der Waals surface area contributed by atoms with Gasteiger partial charge in [0.1, 0.15) is 11.6 Å². The summed E-state index contributed by atoms with van der Waals surface area (Å²) >= 11 is 0. The number of methoxy groups -OCH3 is 1. The number of benzene rings is 1. The van der Waals surface area contributed by atoms with Crippen molar-refractivity contribution in [2.75, 3.05) is 20.3 Å². The number of hydrogen-bond acceptors (Lipinski definition) is 6. The van der Waals surface area contributed by atoms with E-state index in [1.54, 1.807) is 18.9 Å². The third-order valence-corrected chi connectivity index (χ3v) is 4.87. The zero-order chi connectivity index (χ0) is 20.8. The van der Waals surface area contributed by atoms with Crippen LogP contribution < -0.4 is 10.3 Å². The number of nitrogens with one attached hydrogen (secondary N) is 1. The molecule has 0 radical (unpaired) electrons. The largest absolute Gasteiger partial charge is 0.496 e. The summed E-state index contributed by atoms with van der Waals surface area (Å²) in [6.45, 7) is 2.69. The molecular formula is C21H25N3O5. The van der Waals surface area contributed by atoms with Crippen molar-refractivity contribution in [3.05, 3.63) is 57.3 Å². The number of carbonyl (C=O) groups is 2. The van der Waals surface area contributed by atoms with Crippen LogP contribution in [0, 0.1) is 0 Å². The molecule has 0 saturated carbocycles. The average molecular weight is 399 g/mol. The number of nitrogens with zero attached hydrogens (tertiary/aromatic N) is 2. The van der Waals surface area contributed by atoms with Crippen LogP contribution in [0.2, 0.25) is 0 Å². The van der Waals surface area contributed by atoms with Crippen LogP contribution >= 0.6 is 0 Å². The molecule has 0 bridgehead atoms. The molecule has 1 aromatic carbocycles. The number of aromatic amines is 1. The van der Waals surface area contributed by atoms with Crippen LogP contribution in [-0.2, 0) is 33.7 Å². The lowest BCUT2D eigenvalue weighted by Crippen LogP contribution is -2.40. The normalized spacial score (nSPS) is 13.0. The van der Waals surface area contributed by atoms with Crippen LogP contribution in [0.3, 0.4) is 0 Å². The number of rotatable bonds is 7. The molecule has 0 atom stereocenters.